The van der Waals surface area contributed by atoms with Crippen LogP contribution in [-0.4, -0.2) is 0 Å². The molecule has 0 aliphatic heterocycles. The Balaban J connectivity index is 1.75. The Morgan fingerprint density at radius 1 is 0.714 bits per heavy atom. The summed E-state index contributed by atoms with van der Waals surface area (Å²) in [7, 11) is 0. The van der Waals surface area contributed by atoms with E-state index in [2.05, 4.69) is 6.92 Å². The number of benzene rings is 3. The summed E-state index contributed by atoms with van der Waals surface area (Å²) in [5.74, 6) is -5.31. The van der Waals surface area contributed by atoms with E-state index in [0.717, 1.165) is 43.4 Å². The standard InChI is InChI=1S/C23H19F5/c1-12-2-4-13(5-3-12)14-6-7-17(18(24)9-14)15-8-16-11-20(26)22(27)23(28)21(16)19(25)10-15/h6-13H,2-5H2,1H3. The minimum absolute atomic E-state index is 0.138. The maximum Gasteiger partial charge on any atom is 0.195 e. The van der Waals surface area contributed by atoms with E-state index in [0.29, 0.717) is 11.8 Å². The van der Waals surface area contributed by atoms with Crippen LogP contribution in [0.5, 0.6) is 0 Å². The third kappa shape index (κ3) is 3.27. The van der Waals surface area contributed by atoms with Gasteiger partial charge in [-0.3, -0.25) is 0 Å². The van der Waals surface area contributed by atoms with Crippen molar-refractivity contribution in [3.8, 4) is 11.1 Å². The van der Waals surface area contributed by atoms with Gasteiger partial charge < -0.3 is 0 Å². The molecule has 3 aromatic rings. The lowest BCUT2D eigenvalue weighted by Gasteiger charge is -2.26. The average Bonchev–Trinajstić information content (AvgIpc) is 2.66. The van der Waals surface area contributed by atoms with Crippen LogP contribution in [0, 0.1) is 35.0 Å². The Morgan fingerprint density at radius 3 is 2.11 bits per heavy atom. The molecule has 1 aliphatic rings. The van der Waals surface area contributed by atoms with Gasteiger partial charge >= 0.3 is 0 Å². The van der Waals surface area contributed by atoms with Crippen molar-refractivity contribution in [3.63, 3.8) is 0 Å². The maximum atomic E-state index is 14.8. The van der Waals surface area contributed by atoms with Gasteiger partial charge in [0, 0.05) is 5.56 Å². The number of fused-ring (bicyclic) bond motifs is 1. The first-order valence-corrected chi connectivity index (χ1v) is 9.41. The van der Waals surface area contributed by atoms with Gasteiger partial charge in [0.1, 0.15) is 11.6 Å². The second-order valence-corrected chi connectivity index (χ2v) is 7.74. The number of halogens is 5. The molecule has 0 spiro atoms. The fourth-order valence-electron chi connectivity index (χ4n) is 4.16. The fourth-order valence-corrected chi connectivity index (χ4v) is 4.16. The van der Waals surface area contributed by atoms with E-state index < -0.39 is 34.5 Å². The predicted molar refractivity (Wildman–Crippen MR) is 99.5 cm³/mol. The molecule has 0 unspecified atom stereocenters. The van der Waals surface area contributed by atoms with Crippen molar-refractivity contribution in [1.29, 1.82) is 0 Å². The Kier molecular flexibility index (Phi) is 4.86. The molecule has 0 atom stereocenters. The maximum absolute atomic E-state index is 14.8. The van der Waals surface area contributed by atoms with E-state index in [1.54, 1.807) is 6.07 Å². The third-order valence-corrected chi connectivity index (χ3v) is 5.82. The molecule has 28 heavy (non-hydrogen) atoms. The Morgan fingerprint density at radius 2 is 1.43 bits per heavy atom. The SMILES string of the molecule is CC1CCC(c2ccc(-c3cc(F)c4c(F)c(F)c(F)cc4c3)c(F)c2)CC1. The van der Waals surface area contributed by atoms with Gasteiger partial charge in [0.2, 0.25) is 0 Å². The summed E-state index contributed by atoms with van der Waals surface area (Å²) < 4.78 is 70.0. The molecule has 0 aromatic heterocycles. The van der Waals surface area contributed by atoms with Gasteiger partial charge in [0.05, 0.1) is 5.39 Å². The van der Waals surface area contributed by atoms with E-state index >= 15 is 0 Å². The van der Waals surface area contributed by atoms with Crippen LogP contribution in [0.2, 0.25) is 0 Å². The lowest BCUT2D eigenvalue weighted by molar-refractivity contribution is 0.347. The first kappa shape index (κ1) is 18.9. The van der Waals surface area contributed by atoms with E-state index in [1.165, 1.54) is 12.1 Å². The van der Waals surface area contributed by atoms with Crippen LogP contribution in [0.1, 0.15) is 44.1 Å². The van der Waals surface area contributed by atoms with Crippen molar-refractivity contribution in [3.05, 3.63) is 71.0 Å². The van der Waals surface area contributed by atoms with Gasteiger partial charge in [-0.15, -0.1) is 0 Å². The van der Waals surface area contributed by atoms with Crippen molar-refractivity contribution >= 4 is 10.8 Å². The minimum atomic E-state index is -1.73. The van der Waals surface area contributed by atoms with E-state index in [-0.39, 0.29) is 16.5 Å². The van der Waals surface area contributed by atoms with Gasteiger partial charge in [-0.2, -0.15) is 0 Å². The zero-order valence-electron chi connectivity index (χ0n) is 15.3. The van der Waals surface area contributed by atoms with Crippen LogP contribution in [-0.2, 0) is 0 Å². The highest BCUT2D eigenvalue weighted by molar-refractivity contribution is 5.88. The monoisotopic (exact) mass is 390 g/mol. The van der Waals surface area contributed by atoms with E-state index in [9.17, 15) is 22.0 Å². The zero-order chi connectivity index (χ0) is 20.0. The molecule has 0 nitrogen and oxygen atoms in total. The van der Waals surface area contributed by atoms with Gasteiger partial charge in [0.15, 0.2) is 17.5 Å². The summed E-state index contributed by atoms with van der Waals surface area (Å²) in [6.45, 7) is 2.21. The second kappa shape index (κ2) is 7.19. The zero-order valence-corrected chi connectivity index (χ0v) is 15.3. The van der Waals surface area contributed by atoms with Crippen molar-refractivity contribution in [2.75, 3.05) is 0 Å². The molecule has 0 radical (unpaired) electrons. The van der Waals surface area contributed by atoms with Crippen LogP contribution in [0.15, 0.2) is 36.4 Å². The molecule has 0 N–H and O–H groups in total. The first-order chi connectivity index (χ1) is 13.3. The molecule has 5 heteroatoms. The number of hydrogen-bond donors (Lipinski definition) is 0. The van der Waals surface area contributed by atoms with Crippen LogP contribution in [0.4, 0.5) is 22.0 Å². The molecule has 146 valence electrons. The van der Waals surface area contributed by atoms with Crippen LogP contribution < -0.4 is 0 Å². The van der Waals surface area contributed by atoms with Crippen molar-refractivity contribution in [2.24, 2.45) is 5.92 Å². The molecule has 1 saturated carbocycles. The first-order valence-electron chi connectivity index (χ1n) is 9.41. The highest BCUT2D eigenvalue weighted by atomic mass is 19.2. The summed E-state index contributed by atoms with van der Waals surface area (Å²) in [6, 6.07) is 7.79. The van der Waals surface area contributed by atoms with Gasteiger partial charge in [-0.05, 0) is 65.5 Å². The fraction of sp³-hybridized carbons (Fsp3) is 0.304. The van der Waals surface area contributed by atoms with E-state index in [1.807, 2.05) is 6.07 Å². The molecule has 0 heterocycles. The Hall–Kier alpha value is -2.43. The van der Waals surface area contributed by atoms with Crippen molar-refractivity contribution < 1.29 is 22.0 Å². The Bertz CT molecular complexity index is 1050. The highest BCUT2D eigenvalue weighted by Gasteiger charge is 2.22. The lowest BCUT2D eigenvalue weighted by Crippen LogP contribution is -2.11. The summed E-state index contributed by atoms with van der Waals surface area (Å²) in [5, 5.41) is -0.799. The summed E-state index contributed by atoms with van der Waals surface area (Å²) in [6.07, 6.45) is 4.23. The summed E-state index contributed by atoms with van der Waals surface area (Å²) in [5.41, 5.74) is 1.20. The lowest BCUT2D eigenvalue weighted by atomic mass is 9.79. The van der Waals surface area contributed by atoms with Crippen LogP contribution in [0.3, 0.4) is 0 Å². The van der Waals surface area contributed by atoms with E-state index in [4.69, 9.17) is 0 Å². The molecule has 0 bridgehead atoms. The molecule has 1 fully saturated rings. The molecule has 3 aromatic carbocycles. The Labute approximate surface area is 160 Å². The van der Waals surface area contributed by atoms with Crippen LogP contribution >= 0.6 is 0 Å². The van der Waals surface area contributed by atoms with Crippen LogP contribution in [0.25, 0.3) is 21.9 Å². The molecular formula is C23H19F5. The smallest absolute Gasteiger partial charge is 0.195 e. The van der Waals surface area contributed by atoms with Gasteiger partial charge in [-0.1, -0.05) is 31.9 Å². The number of rotatable bonds is 2. The summed E-state index contributed by atoms with van der Waals surface area (Å²) >= 11 is 0. The minimum Gasteiger partial charge on any atom is -0.206 e. The third-order valence-electron chi connectivity index (χ3n) is 5.82. The molecular weight excluding hydrogens is 371 g/mol. The van der Waals surface area contributed by atoms with Gasteiger partial charge in [-0.25, -0.2) is 22.0 Å². The number of hydrogen-bond acceptors (Lipinski definition) is 0. The van der Waals surface area contributed by atoms with Gasteiger partial charge in [0.25, 0.3) is 0 Å². The largest absolute Gasteiger partial charge is 0.206 e. The normalized spacial score (nSPS) is 19.9. The summed E-state index contributed by atoms with van der Waals surface area (Å²) in [4.78, 5) is 0. The highest BCUT2D eigenvalue weighted by Crippen LogP contribution is 2.38. The molecule has 0 saturated heterocycles. The van der Waals surface area contributed by atoms with Crippen molar-refractivity contribution in [1.82, 2.24) is 0 Å². The van der Waals surface area contributed by atoms with Crippen molar-refractivity contribution in [2.45, 2.75) is 38.5 Å². The quantitative estimate of drug-likeness (QED) is 0.314. The topological polar surface area (TPSA) is 0 Å². The second-order valence-electron chi connectivity index (χ2n) is 7.74. The average molecular weight is 390 g/mol. The molecule has 4 rings (SSSR count). The molecule has 1 aliphatic carbocycles. The predicted octanol–water partition coefficient (Wildman–Crippen LogP) is 7.50. The molecule has 0 amide bonds.